The Morgan fingerprint density at radius 1 is 1.14 bits per heavy atom. The SMILES string of the molecule is N#CC1(NC(=O)COC(=O)CCN2C(=O)[C@H]3CC=CC[C@@H]3C2=O)CCCCC1. The van der Waals surface area contributed by atoms with Crippen molar-refractivity contribution >= 4 is 23.7 Å². The molecule has 3 aliphatic rings. The third-order valence-electron chi connectivity index (χ3n) is 5.80. The van der Waals surface area contributed by atoms with E-state index in [0.29, 0.717) is 25.7 Å². The number of fused-ring (bicyclic) bond motifs is 1. The zero-order valence-corrected chi connectivity index (χ0v) is 15.8. The monoisotopic (exact) mass is 387 g/mol. The zero-order valence-electron chi connectivity index (χ0n) is 15.8. The van der Waals surface area contributed by atoms with E-state index in [1.807, 2.05) is 12.2 Å². The lowest BCUT2D eigenvalue weighted by molar-refractivity contribution is -0.150. The minimum absolute atomic E-state index is 0.0345. The lowest BCUT2D eigenvalue weighted by Crippen LogP contribution is -2.50. The number of esters is 1. The second kappa shape index (κ2) is 8.55. The summed E-state index contributed by atoms with van der Waals surface area (Å²) in [4.78, 5) is 49.8. The molecule has 28 heavy (non-hydrogen) atoms. The molecule has 0 bridgehead atoms. The molecule has 0 spiro atoms. The standard InChI is InChI=1S/C20H25N3O5/c21-13-20(9-4-1-5-10-20)22-16(24)12-28-17(25)8-11-23-18(26)14-6-2-3-7-15(14)19(23)27/h2-3,14-15H,1,4-12H2,(H,22,24)/t14-,15-/m0/s1. The number of rotatable bonds is 6. The lowest BCUT2D eigenvalue weighted by atomic mass is 9.83. The average molecular weight is 387 g/mol. The maximum Gasteiger partial charge on any atom is 0.308 e. The summed E-state index contributed by atoms with van der Waals surface area (Å²) in [5.41, 5.74) is -0.875. The number of nitriles is 1. The molecule has 2 atom stereocenters. The molecule has 2 fully saturated rings. The van der Waals surface area contributed by atoms with Gasteiger partial charge in [-0.15, -0.1) is 0 Å². The van der Waals surface area contributed by atoms with Crippen LogP contribution in [0.3, 0.4) is 0 Å². The van der Waals surface area contributed by atoms with Crippen LogP contribution in [0.15, 0.2) is 12.2 Å². The number of allylic oxidation sites excluding steroid dienone is 2. The fourth-order valence-electron chi connectivity index (χ4n) is 4.23. The predicted molar refractivity (Wildman–Crippen MR) is 97.2 cm³/mol. The van der Waals surface area contributed by atoms with Gasteiger partial charge in [0.05, 0.1) is 24.3 Å². The number of likely N-dealkylation sites (tertiary alicyclic amines) is 1. The molecule has 1 aliphatic heterocycles. The van der Waals surface area contributed by atoms with E-state index in [0.717, 1.165) is 24.2 Å². The van der Waals surface area contributed by atoms with E-state index in [9.17, 15) is 24.4 Å². The fourth-order valence-corrected chi connectivity index (χ4v) is 4.23. The Bertz CT molecular complexity index is 707. The molecule has 3 rings (SSSR count). The molecule has 150 valence electrons. The second-order valence-electron chi connectivity index (χ2n) is 7.70. The molecule has 1 saturated heterocycles. The Hall–Kier alpha value is -2.69. The van der Waals surface area contributed by atoms with Crippen LogP contribution in [0.5, 0.6) is 0 Å². The summed E-state index contributed by atoms with van der Waals surface area (Å²) in [6, 6.07) is 2.17. The molecule has 8 nitrogen and oxygen atoms in total. The predicted octanol–water partition coefficient (Wildman–Crippen LogP) is 1.21. The van der Waals surface area contributed by atoms with Crippen molar-refractivity contribution < 1.29 is 23.9 Å². The van der Waals surface area contributed by atoms with Crippen molar-refractivity contribution in [2.24, 2.45) is 11.8 Å². The largest absolute Gasteiger partial charge is 0.456 e. The molecule has 1 heterocycles. The van der Waals surface area contributed by atoms with Gasteiger partial charge < -0.3 is 10.1 Å². The maximum absolute atomic E-state index is 12.3. The van der Waals surface area contributed by atoms with Crippen molar-refractivity contribution in [3.63, 3.8) is 0 Å². The van der Waals surface area contributed by atoms with Crippen LogP contribution < -0.4 is 5.32 Å². The van der Waals surface area contributed by atoms with Crippen LogP contribution >= 0.6 is 0 Å². The quantitative estimate of drug-likeness (QED) is 0.416. The Morgan fingerprint density at radius 2 is 1.75 bits per heavy atom. The zero-order chi connectivity index (χ0) is 20.1. The molecule has 8 heteroatoms. The summed E-state index contributed by atoms with van der Waals surface area (Å²) in [6.07, 6.45) is 8.76. The minimum Gasteiger partial charge on any atom is -0.456 e. The second-order valence-corrected chi connectivity index (χ2v) is 7.70. The van der Waals surface area contributed by atoms with Crippen molar-refractivity contribution in [1.29, 1.82) is 5.26 Å². The van der Waals surface area contributed by atoms with Crippen molar-refractivity contribution in [3.8, 4) is 6.07 Å². The molecule has 0 aromatic rings. The Kier molecular flexibility index (Phi) is 6.12. The van der Waals surface area contributed by atoms with Crippen LogP contribution in [0.2, 0.25) is 0 Å². The van der Waals surface area contributed by atoms with Crippen molar-refractivity contribution in [1.82, 2.24) is 10.2 Å². The molecule has 0 radical (unpaired) electrons. The molecule has 0 aromatic heterocycles. The fraction of sp³-hybridized carbons (Fsp3) is 0.650. The molecule has 1 saturated carbocycles. The van der Waals surface area contributed by atoms with Gasteiger partial charge >= 0.3 is 5.97 Å². The third kappa shape index (κ3) is 4.24. The third-order valence-corrected chi connectivity index (χ3v) is 5.80. The van der Waals surface area contributed by atoms with Gasteiger partial charge in [0, 0.05) is 6.54 Å². The van der Waals surface area contributed by atoms with Crippen molar-refractivity contribution in [2.45, 2.75) is 56.9 Å². The number of carbonyl (C=O) groups is 4. The summed E-state index contributed by atoms with van der Waals surface area (Å²) >= 11 is 0. The molecular weight excluding hydrogens is 362 g/mol. The highest BCUT2D eigenvalue weighted by Crippen LogP contribution is 2.35. The van der Waals surface area contributed by atoms with E-state index >= 15 is 0 Å². The number of hydrogen-bond donors (Lipinski definition) is 1. The number of imide groups is 1. The number of hydrogen-bond acceptors (Lipinski definition) is 6. The van der Waals surface area contributed by atoms with Crippen LogP contribution in [0.4, 0.5) is 0 Å². The van der Waals surface area contributed by atoms with Crippen LogP contribution in [0.25, 0.3) is 0 Å². The van der Waals surface area contributed by atoms with E-state index < -0.39 is 24.0 Å². The van der Waals surface area contributed by atoms with E-state index in [2.05, 4.69) is 11.4 Å². The summed E-state index contributed by atoms with van der Waals surface area (Å²) in [5, 5.41) is 12.0. The minimum atomic E-state index is -0.875. The van der Waals surface area contributed by atoms with E-state index in [-0.39, 0.29) is 36.6 Å². The van der Waals surface area contributed by atoms with Gasteiger partial charge in [0.1, 0.15) is 5.54 Å². The molecule has 0 unspecified atom stereocenters. The van der Waals surface area contributed by atoms with Crippen LogP contribution in [0.1, 0.15) is 51.4 Å². The van der Waals surface area contributed by atoms with Crippen LogP contribution in [-0.4, -0.2) is 47.3 Å². The highest BCUT2D eigenvalue weighted by Gasteiger charge is 2.47. The number of ether oxygens (including phenoxy) is 1. The number of nitrogens with zero attached hydrogens (tertiary/aromatic N) is 2. The van der Waals surface area contributed by atoms with Crippen LogP contribution in [-0.2, 0) is 23.9 Å². The van der Waals surface area contributed by atoms with Gasteiger partial charge in [0.15, 0.2) is 6.61 Å². The van der Waals surface area contributed by atoms with Crippen molar-refractivity contribution in [2.75, 3.05) is 13.2 Å². The van der Waals surface area contributed by atoms with Gasteiger partial charge in [0.2, 0.25) is 11.8 Å². The van der Waals surface area contributed by atoms with Gasteiger partial charge in [-0.25, -0.2) is 0 Å². The first-order chi connectivity index (χ1) is 13.5. The van der Waals surface area contributed by atoms with Gasteiger partial charge in [-0.1, -0.05) is 31.4 Å². The van der Waals surface area contributed by atoms with Crippen molar-refractivity contribution in [3.05, 3.63) is 12.2 Å². The number of amides is 3. The summed E-state index contributed by atoms with van der Waals surface area (Å²) < 4.78 is 4.96. The molecule has 3 amide bonds. The Labute approximate surface area is 163 Å². The Balaban J connectivity index is 1.42. The van der Waals surface area contributed by atoms with Gasteiger partial charge in [-0.3, -0.25) is 24.1 Å². The normalized spacial score (nSPS) is 25.8. The van der Waals surface area contributed by atoms with Gasteiger partial charge in [-0.05, 0) is 25.7 Å². The first-order valence-electron chi connectivity index (χ1n) is 9.84. The first-order valence-corrected chi connectivity index (χ1v) is 9.84. The maximum atomic E-state index is 12.3. The lowest BCUT2D eigenvalue weighted by Gasteiger charge is -2.31. The highest BCUT2D eigenvalue weighted by atomic mass is 16.5. The Morgan fingerprint density at radius 3 is 2.32 bits per heavy atom. The topological polar surface area (TPSA) is 117 Å². The molecule has 0 aromatic carbocycles. The van der Waals surface area contributed by atoms with E-state index in [1.165, 1.54) is 0 Å². The molecule has 1 N–H and O–H groups in total. The van der Waals surface area contributed by atoms with Gasteiger partial charge in [-0.2, -0.15) is 5.26 Å². The summed E-state index contributed by atoms with van der Waals surface area (Å²) in [6.45, 7) is -0.507. The highest BCUT2D eigenvalue weighted by molar-refractivity contribution is 6.05. The molecular formula is C20H25N3O5. The summed E-state index contributed by atoms with van der Waals surface area (Å²) in [7, 11) is 0. The molecule has 2 aliphatic carbocycles. The summed E-state index contributed by atoms with van der Waals surface area (Å²) in [5.74, 6) is -2.29. The average Bonchev–Trinajstić information content (AvgIpc) is 2.96. The number of carbonyl (C=O) groups excluding carboxylic acids is 4. The van der Waals surface area contributed by atoms with Gasteiger partial charge in [0.25, 0.3) is 5.91 Å². The van der Waals surface area contributed by atoms with E-state index in [1.54, 1.807) is 0 Å². The van der Waals surface area contributed by atoms with E-state index in [4.69, 9.17) is 4.74 Å². The smallest absolute Gasteiger partial charge is 0.308 e. The number of nitrogens with one attached hydrogen (secondary N) is 1. The first kappa shape index (κ1) is 20.1. The van der Waals surface area contributed by atoms with Crippen LogP contribution in [0, 0.1) is 23.2 Å².